The highest BCUT2D eigenvalue weighted by molar-refractivity contribution is 7.99. The van der Waals surface area contributed by atoms with Crippen LogP contribution in [0.5, 0.6) is 0 Å². The van der Waals surface area contributed by atoms with Crippen molar-refractivity contribution >= 4 is 46.1 Å². The molecule has 0 aliphatic heterocycles. The first-order valence-electron chi connectivity index (χ1n) is 14.6. The predicted octanol–water partition coefficient (Wildman–Crippen LogP) is 3.69. The molecule has 47 heavy (non-hydrogen) atoms. The molecule has 16 heteroatoms. The summed E-state index contributed by atoms with van der Waals surface area (Å²) in [6.45, 7) is 1.38. The standard InChI is InChI=1S/C31H36ClF3N8O3S/c1-2-43(30(45)25(14-37)42-17-46-38)26(11-19-15-40-24-8-4-3-7-22(19)24)28(44)41-16-20-10-21(31(33,34)35)12-23(32)27(20)47-29-18(13-36)6-5-9-39-29/h3-10,12,15,25-26,40,42H,2,11,13-14,16-17,36-38H2,1H3,(H,41,44)/t25-,26-/m0/s1. The van der Waals surface area contributed by atoms with E-state index in [4.69, 9.17) is 29.0 Å². The minimum Gasteiger partial charge on any atom is -0.361 e. The Kier molecular flexibility index (Phi) is 12.6. The average molecular weight is 693 g/mol. The smallest absolute Gasteiger partial charge is 0.361 e. The Hall–Kier alpha value is -3.70. The number of rotatable bonds is 15. The molecule has 9 N–H and O–H groups in total. The van der Waals surface area contributed by atoms with Gasteiger partial charge in [0.15, 0.2) is 0 Å². The number of pyridine rings is 1. The molecule has 0 radical (unpaired) electrons. The lowest BCUT2D eigenvalue weighted by atomic mass is 10.0. The monoisotopic (exact) mass is 692 g/mol. The first-order valence-corrected chi connectivity index (χ1v) is 15.8. The Morgan fingerprint density at radius 1 is 1.13 bits per heavy atom. The van der Waals surface area contributed by atoms with E-state index in [1.807, 2.05) is 24.3 Å². The highest BCUT2D eigenvalue weighted by atomic mass is 35.5. The zero-order valence-corrected chi connectivity index (χ0v) is 27.0. The van der Waals surface area contributed by atoms with E-state index >= 15 is 0 Å². The van der Waals surface area contributed by atoms with E-state index in [9.17, 15) is 22.8 Å². The third-order valence-electron chi connectivity index (χ3n) is 7.51. The van der Waals surface area contributed by atoms with Crippen molar-refractivity contribution in [3.8, 4) is 0 Å². The summed E-state index contributed by atoms with van der Waals surface area (Å²) in [7, 11) is 0. The molecule has 0 unspecified atom stereocenters. The summed E-state index contributed by atoms with van der Waals surface area (Å²) >= 11 is 7.49. The number of aromatic nitrogens is 2. The van der Waals surface area contributed by atoms with Gasteiger partial charge in [0, 0.05) is 60.8 Å². The molecule has 0 saturated carbocycles. The molecule has 2 heterocycles. The molecule has 2 aromatic carbocycles. The average Bonchev–Trinajstić information content (AvgIpc) is 3.47. The van der Waals surface area contributed by atoms with E-state index in [1.54, 1.807) is 25.3 Å². The van der Waals surface area contributed by atoms with Crippen molar-refractivity contribution in [2.45, 2.75) is 54.6 Å². The number of carbonyl (C=O) groups excluding carboxylic acids is 2. The van der Waals surface area contributed by atoms with Crippen molar-refractivity contribution in [2.75, 3.05) is 19.8 Å². The topological polar surface area (TPSA) is 177 Å². The molecule has 0 saturated heterocycles. The normalized spacial score (nSPS) is 13.0. The number of H-pyrrole nitrogens is 1. The fourth-order valence-electron chi connectivity index (χ4n) is 5.13. The van der Waals surface area contributed by atoms with E-state index in [1.165, 1.54) is 11.1 Å². The summed E-state index contributed by atoms with van der Waals surface area (Å²) in [5.74, 6) is 4.05. The number of nitrogens with one attached hydrogen (secondary N) is 3. The minimum absolute atomic E-state index is 0.0961. The van der Waals surface area contributed by atoms with E-state index in [0.717, 1.165) is 40.4 Å². The summed E-state index contributed by atoms with van der Waals surface area (Å²) in [4.78, 5) is 41.4. The molecule has 4 rings (SSSR count). The highest BCUT2D eigenvalue weighted by Crippen LogP contribution is 2.41. The number of alkyl halides is 3. The van der Waals surface area contributed by atoms with Gasteiger partial charge in [0.2, 0.25) is 11.8 Å². The van der Waals surface area contributed by atoms with Gasteiger partial charge in [-0.05, 0) is 47.9 Å². The quantitative estimate of drug-likeness (QED) is 0.0801. The van der Waals surface area contributed by atoms with Crippen LogP contribution >= 0.6 is 23.4 Å². The maximum Gasteiger partial charge on any atom is 0.416 e. The Bertz CT molecular complexity index is 1690. The molecular weight excluding hydrogens is 657 g/mol. The first kappa shape index (κ1) is 36.1. The van der Waals surface area contributed by atoms with Gasteiger partial charge in [0.05, 0.1) is 10.6 Å². The number of hydrogen-bond donors (Lipinski definition) is 6. The number of aromatic amines is 1. The molecule has 0 fully saturated rings. The van der Waals surface area contributed by atoms with Crippen molar-refractivity contribution in [3.05, 3.63) is 88.2 Å². The van der Waals surface area contributed by atoms with Gasteiger partial charge < -0.3 is 26.7 Å². The van der Waals surface area contributed by atoms with Crippen LogP contribution in [-0.4, -0.2) is 58.6 Å². The maximum atomic E-state index is 14.0. The highest BCUT2D eigenvalue weighted by Gasteiger charge is 2.35. The van der Waals surface area contributed by atoms with Crippen molar-refractivity contribution in [1.82, 2.24) is 25.5 Å². The number of hydrogen-bond acceptors (Lipinski definition) is 9. The molecule has 4 aromatic rings. The van der Waals surface area contributed by atoms with Crippen LogP contribution in [0, 0.1) is 0 Å². The summed E-state index contributed by atoms with van der Waals surface area (Å²) in [6.07, 6.45) is -1.30. The Morgan fingerprint density at radius 3 is 2.57 bits per heavy atom. The van der Waals surface area contributed by atoms with Crippen molar-refractivity contribution in [1.29, 1.82) is 0 Å². The van der Waals surface area contributed by atoms with Crippen LogP contribution in [0.25, 0.3) is 10.9 Å². The van der Waals surface area contributed by atoms with E-state index in [-0.39, 0.29) is 54.8 Å². The van der Waals surface area contributed by atoms with Gasteiger partial charge in [-0.1, -0.05) is 47.6 Å². The number of likely N-dealkylation sites (N-methyl/N-ethyl adjacent to an activating group) is 1. The summed E-state index contributed by atoms with van der Waals surface area (Å²) in [6, 6.07) is 10.7. The SMILES string of the molecule is CCN(C(=O)[C@H](CN)NCON)[C@@H](Cc1c[nH]c2ccccc12)C(=O)NCc1cc(C(F)(F)F)cc(Cl)c1Sc1ncccc1CN. The number of para-hydroxylation sites is 1. The van der Waals surface area contributed by atoms with E-state index in [2.05, 4.69) is 25.4 Å². The number of fused-ring (bicyclic) bond motifs is 1. The van der Waals surface area contributed by atoms with Crippen molar-refractivity contribution in [3.63, 3.8) is 0 Å². The number of benzene rings is 2. The molecule has 0 aliphatic rings. The lowest BCUT2D eigenvalue weighted by molar-refractivity contribution is -0.142. The van der Waals surface area contributed by atoms with E-state index in [0.29, 0.717) is 10.6 Å². The molecule has 2 atom stereocenters. The third-order valence-corrected chi connectivity index (χ3v) is 9.16. The second kappa shape index (κ2) is 16.4. The maximum absolute atomic E-state index is 14.0. The number of halogens is 4. The van der Waals surface area contributed by atoms with Crippen LogP contribution in [0.15, 0.2) is 70.8 Å². The summed E-state index contributed by atoms with van der Waals surface area (Å²) in [5.41, 5.74) is 13.1. The zero-order valence-electron chi connectivity index (χ0n) is 25.4. The third kappa shape index (κ3) is 8.81. The lowest BCUT2D eigenvalue weighted by Gasteiger charge is -2.33. The zero-order chi connectivity index (χ0) is 34.1. The summed E-state index contributed by atoms with van der Waals surface area (Å²) < 4.78 is 41.6. The van der Waals surface area contributed by atoms with Crippen LogP contribution < -0.4 is 28.0 Å². The van der Waals surface area contributed by atoms with Crippen LogP contribution in [-0.2, 0) is 40.1 Å². The van der Waals surface area contributed by atoms with Crippen molar-refractivity contribution in [2.24, 2.45) is 17.4 Å². The van der Waals surface area contributed by atoms with Gasteiger partial charge in [0.25, 0.3) is 0 Å². The van der Waals surface area contributed by atoms with Crippen molar-refractivity contribution < 1.29 is 27.6 Å². The van der Waals surface area contributed by atoms with Crippen LogP contribution in [0.2, 0.25) is 5.02 Å². The molecule has 252 valence electrons. The molecule has 11 nitrogen and oxygen atoms in total. The van der Waals surface area contributed by atoms with Gasteiger partial charge in [-0.3, -0.25) is 19.7 Å². The molecule has 2 aromatic heterocycles. The van der Waals surface area contributed by atoms with Gasteiger partial charge in [-0.2, -0.15) is 13.2 Å². The van der Waals surface area contributed by atoms with Gasteiger partial charge in [-0.15, -0.1) is 0 Å². The fourth-order valence-corrected chi connectivity index (χ4v) is 6.49. The number of nitrogens with zero attached hydrogens (tertiary/aromatic N) is 2. The van der Waals surface area contributed by atoms with Crippen LogP contribution in [0.4, 0.5) is 13.2 Å². The first-order chi connectivity index (χ1) is 22.5. The minimum atomic E-state index is -4.69. The van der Waals surface area contributed by atoms with Gasteiger partial charge >= 0.3 is 6.18 Å². The Morgan fingerprint density at radius 2 is 1.89 bits per heavy atom. The molecule has 0 bridgehead atoms. The van der Waals surface area contributed by atoms with Gasteiger partial charge in [0.1, 0.15) is 23.8 Å². The Labute approximate surface area is 278 Å². The number of amides is 2. The largest absolute Gasteiger partial charge is 0.416 e. The summed E-state index contributed by atoms with van der Waals surface area (Å²) in [5, 5.41) is 6.72. The van der Waals surface area contributed by atoms with E-state index < -0.39 is 35.6 Å². The predicted molar refractivity (Wildman–Crippen MR) is 174 cm³/mol. The Balaban J connectivity index is 1.70. The lowest BCUT2D eigenvalue weighted by Crippen LogP contribution is -2.57. The molecule has 0 spiro atoms. The number of nitrogens with two attached hydrogens (primary N) is 3. The second-order valence-corrected chi connectivity index (χ2v) is 11.8. The second-order valence-electron chi connectivity index (χ2n) is 10.4. The molecule has 2 amide bonds. The molecule has 0 aliphatic carbocycles. The van der Waals surface area contributed by atoms with Crippen LogP contribution in [0.3, 0.4) is 0 Å². The van der Waals surface area contributed by atoms with Crippen LogP contribution in [0.1, 0.15) is 29.2 Å². The fraction of sp³-hybridized carbons (Fsp3) is 0.323. The molecular formula is C31H36ClF3N8O3S. The number of carbonyl (C=O) groups is 2. The van der Waals surface area contributed by atoms with Gasteiger partial charge in [-0.25, -0.2) is 10.9 Å².